The summed E-state index contributed by atoms with van der Waals surface area (Å²) in [5.41, 5.74) is -2.12. The molecule has 0 spiro atoms. The Balaban J connectivity index is 1.74. The van der Waals surface area contributed by atoms with E-state index >= 15 is 0 Å². The molecule has 2 bridgehead atoms. The summed E-state index contributed by atoms with van der Waals surface area (Å²) in [5.74, 6) is -1.05. The molecular formula is C20H20BrClF4N4O2. The number of anilines is 1. The van der Waals surface area contributed by atoms with Crippen molar-refractivity contribution >= 4 is 50.3 Å². The summed E-state index contributed by atoms with van der Waals surface area (Å²) < 4.78 is 60.1. The van der Waals surface area contributed by atoms with Gasteiger partial charge in [0.25, 0.3) is 0 Å². The molecule has 3 heterocycles. The van der Waals surface area contributed by atoms with Crippen LogP contribution in [0.15, 0.2) is 10.5 Å². The maximum Gasteiger partial charge on any atom is 0.417 e. The van der Waals surface area contributed by atoms with Crippen molar-refractivity contribution in [3.63, 3.8) is 0 Å². The van der Waals surface area contributed by atoms with Gasteiger partial charge < -0.3 is 9.64 Å². The highest BCUT2D eigenvalue weighted by atomic mass is 79.9. The minimum absolute atomic E-state index is 0.0902. The van der Waals surface area contributed by atoms with Crippen molar-refractivity contribution in [1.82, 2.24) is 14.9 Å². The van der Waals surface area contributed by atoms with E-state index in [1.807, 2.05) is 0 Å². The minimum atomic E-state index is -4.78. The van der Waals surface area contributed by atoms with Gasteiger partial charge >= 0.3 is 12.3 Å². The smallest absolute Gasteiger partial charge is 0.417 e. The maximum atomic E-state index is 14.8. The van der Waals surface area contributed by atoms with E-state index in [2.05, 4.69) is 25.9 Å². The molecule has 0 radical (unpaired) electrons. The maximum absolute atomic E-state index is 14.8. The summed E-state index contributed by atoms with van der Waals surface area (Å²) in [6.45, 7) is 5.95. The van der Waals surface area contributed by atoms with Gasteiger partial charge in [0.1, 0.15) is 16.9 Å². The molecule has 6 nitrogen and oxygen atoms in total. The lowest BCUT2D eigenvalue weighted by Gasteiger charge is -2.42. The van der Waals surface area contributed by atoms with Crippen LogP contribution >= 0.6 is 27.5 Å². The molecule has 2 atom stereocenters. The Morgan fingerprint density at radius 2 is 1.78 bits per heavy atom. The summed E-state index contributed by atoms with van der Waals surface area (Å²) in [6.07, 6.45) is -3.78. The Morgan fingerprint density at radius 1 is 1.19 bits per heavy atom. The quantitative estimate of drug-likeness (QED) is 0.339. The first-order valence-electron chi connectivity index (χ1n) is 9.95. The van der Waals surface area contributed by atoms with E-state index in [0.29, 0.717) is 25.9 Å². The first kappa shape index (κ1) is 23.3. The van der Waals surface area contributed by atoms with Crippen molar-refractivity contribution in [3.8, 4) is 0 Å². The molecular weight excluding hydrogens is 520 g/mol. The van der Waals surface area contributed by atoms with Crippen LogP contribution in [-0.2, 0) is 10.9 Å². The van der Waals surface area contributed by atoms with Gasteiger partial charge in [0.2, 0.25) is 5.28 Å². The van der Waals surface area contributed by atoms with E-state index in [1.165, 1.54) is 0 Å². The number of amides is 1. The molecule has 2 unspecified atom stereocenters. The number of rotatable bonds is 1. The first-order valence-corrected chi connectivity index (χ1v) is 11.1. The number of hydrogen-bond donors (Lipinski definition) is 0. The van der Waals surface area contributed by atoms with Crippen LogP contribution < -0.4 is 4.90 Å². The van der Waals surface area contributed by atoms with Gasteiger partial charge in [-0.15, -0.1) is 0 Å². The van der Waals surface area contributed by atoms with Crippen molar-refractivity contribution in [2.24, 2.45) is 0 Å². The number of halogens is 6. The fourth-order valence-electron chi connectivity index (χ4n) is 4.30. The van der Waals surface area contributed by atoms with E-state index in [-0.39, 0.29) is 34.1 Å². The second-order valence-corrected chi connectivity index (χ2v) is 10.1. The zero-order valence-corrected chi connectivity index (χ0v) is 19.8. The van der Waals surface area contributed by atoms with Crippen LogP contribution in [0.25, 0.3) is 10.9 Å². The lowest BCUT2D eigenvalue weighted by molar-refractivity contribution is -0.138. The molecule has 1 amide bonds. The van der Waals surface area contributed by atoms with Gasteiger partial charge in [0.05, 0.1) is 22.1 Å². The van der Waals surface area contributed by atoms with Gasteiger partial charge in [-0.2, -0.15) is 18.2 Å². The second kappa shape index (κ2) is 7.86. The van der Waals surface area contributed by atoms with E-state index in [0.717, 1.165) is 6.07 Å². The highest BCUT2D eigenvalue weighted by molar-refractivity contribution is 9.10. The fraction of sp³-hybridized carbons (Fsp3) is 0.550. The monoisotopic (exact) mass is 538 g/mol. The van der Waals surface area contributed by atoms with E-state index in [4.69, 9.17) is 16.3 Å². The summed E-state index contributed by atoms with van der Waals surface area (Å²) in [5, 5.41) is -0.368. The summed E-state index contributed by atoms with van der Waals surface area (Å²) in [4.78, 5) is 24.1. The third-order valence-electron chi connectivity index (χ3n) is 5.52. The predicted molar refractivity (Wildman–Crippen MR) is 114 cm³/mol. The van der Waals surface area contributed by atoms with Crippen LogP contribution in [0.4, 0.5) is 28.2 Å². The van der Waals surface area contributed by atoms with Crippen LogP contribution in [-0.4, -0.2) is 51.7 Å². The third-order valence-corrected chi connectivity index (χ3v) is 6.46. The Labute approximate surface area is 195 Å². The molecule has 0 N–H and O–H groups in total. The molecule has 2 aliphatic heterocycles. The first-order chi connectivity index (χ1) is 14.8. The number of carbonyl (C=O) groups excluding carboxylic acids is 1. The molecule has 32 heavy (non-hydrogen) atoms. The van der Waals surface area contributed by atoms with Crippen LogP contribution in [0, 0.1) is 5.82 Å². The largest absolute Gasteiger partial charge is 0.444 e. The van der Waals surface area contributed by atoms with E-state index in [9.17, 15) is 22.4 Å². The molecule has 174 valence electrons. The number of benzene rings is 1. The van der Waals surface area contributed by atoms with Crippen molar-refractivity contribution in [1.29, 1.82) is 0 Å². The van der Waals surface area contributed by atoms with Gasteiger partial charge in [-0.25, -0.2) is 14.2 Å². The number of fused-ring (bicyclic) bond motifs is 3. The molecule has 0 saturated carbocycles. The molecule has 2 saturated heterocycles. The number of carbonyl (C=O) groups is 1. The Kier molecular flexibility index (Phi) is 5.72. The predicted octanol–water partition coefficient (Wildman–Crippen LogP) is 5.79. The van der Waals surface area contributed by atoms with Gasteiger partial charge in [0.15, 0.2) is 5.82 Å². The van der Waals surface area contributed by atoms with Gasteiger partial charge in [-0.1, -0.05) is 0 Å². The third kappa shape index (κ3) is 4.21. The zero-order chi connectivity index (χ0) is 23.6. The molecule has 1 aromatic carbocycles. The van der Waals surface area contributed by atoms with Crippen LogP contribution in [0.5, 0.6) is 0 Å². The Bertz CT molecular complexity index is 1080. The van der Waals surface area contributed by atoms with Crippen molar-refractivity contribution in [2.75, 3.05) is 18.0 Å². The Hall–Kier alpha value is -1.88. The summed E-state index contributed by atoms with van der Waals surface area (Å²) >= 11 is 8.69. The molecule has 12 heteroatoms. The number of nitrogens with zero attached hydrogens (tertiary/aromatic N) is 4. The van der Waals surface area contributed by atoms with Gasteiger partial charge in [-0.05, 0) is 67.2 Å². The van der Waals surface area contributed by atoms with Gasteiger partial charge in [-0.3, -0.25) is 4.90 Å². The number of piperazine rings is 1. The number of ether oxygens (including phenoxy) is 1. The number of aromatic nitrogens is 2. The summed E-state index contributed by atoms with van der Waals surface area (Å²) in [7, 11) is 0. The molecule has 0 aliphatic carbocycles. The van der Waals surface area contributed by atoms with Crippen molar-refractivity contribution in [3.05, 3.63) is 27.2 Å². The van der Waals surface area contributed by atoms with E-state index in [1.54, 1.807) is 30.6 Å². The van der Waals surface area contributed by atoms with E-state index < -0.39 is 33.7 Å². The lowest BCUT2D eigenvalue weighted by atomic mass is 10.1. The molecule has 2 fully saturated rings. The topological polar surface area (TPSA) is 58.6 Å². The summed E-state index contributed by atoms with van der Waals surface area (Å²) in [6, 6.07) is 0.403. The molecule has 4 rings (SSSR count). The second-order valence-electron chi connectivity index (χ2n) is 8.94. The van der Waals surface area contributed by atoms with Crippen molar-refractivity contribution < 1.29 is 27.1 Å². The average molecular weight is 540 g/mol. The lowest BCUT2D eigenvalue weighted by Crippen LogP contribution is -2.57. The fourth-order valence-corrected chi connectivity index (χ4v) is 4.99. The SMILES string of the molecule is CC(C)(C)OC(=O)N1C2CCC1CN(c1nc(Cl)nc3c(F)c(Br)c(C(F)(F)F)cc13)C2. The van der Waals surface area contributed by atoms with Gasteiger partial charge in [0, 0.05) is 18.5 Å². The van der Waals surface area contributed by atoms with Crippen LogP contribution in [0.1, 0.15) is 39.2 Å². The number of alkyl halides is 3. The molecule has 2 aliphatic rings. The highest BCUT2D eigenvalue weighted by Gasteiger charge is 2.45. The molecule has 1 aromatic heterocycles. The van der Waals surface area contributed by atoms with Crippen LogP contribution in [0.3, 0.4) is 0 Å². The normalized spacial score (nSPS) is 21.4. The zero-order valence-electron chi connectivity index (χ0n) is 17.4. The van der Waals surface area contributed by atoms with Crippen molar-refractivity contribution in [2.45, 2.75) is 57.5 Å². The Morgan fingerprint density at radius 3 is 2.31 bits per heavy atom. The highest BCUT2D eigenvalue weighted by Crippen LogP contribution is 2.42. The molecule has 2 aromatic rings. The van der Waals surface area contributed by atoms with Crippen LogP contribution in [0.2, 0.25) is 5.28 Å². The number of hydrogen-bond acceptors (Lipinski definition) is 5. The standard InChI is InChI=1S/C20H20BrClF4N4O2/c1-19(2,3)32-18(31)30-9-4-5-10(30)8-29(7-9)16-11-6-12(20(24,25)26)13(21)14(23)15(11)27-17(22)28-16/h6,9-10H,4-5,7-8H2,1-3H3. The average Bonchev–Trinajstić information content (AvgIpc) is 2.92. The minimum Gasteiger partial charge on any atom is -0.444 e.